The Hall–Kier alpha value is -0.910. The summed E-state index contributed by atoms with van der Waals surface area (Å²) in [5.41, 5.74) is 7.53. The molecule has 2 aromatic carbocycles. The molecule has 0 aromatic heterocycles. The number of benzene rings is 2. The van der Waals surface area contributed by atoms with E-state index in [1.165, 1.54) is 22.6 Å². The van der Waals surface area contributed by atoms with Gasteiger partial charge in [0.1, 0.15) is 11.6 Å². The summed E-state index contributed by atoms with van der Waals surface area (Å²) in [4.78, 5) is 1.22. The highest BCUT2D eigenvalue weighted by molar-refractivity contribution is 9.10. The molecule has 2 unspecified atom stereocenters. The fourth-order valence-corrected chi connectivity index (χ4v) is 4.26. The summed E-state index contributed by atoms with van der Waals surface area (Å²) < 4.78 is 28.1. The van der Waals surface area contributed by atoms with Crippen LogP contribution in [-0.4, -0.2) is 11.3 Å². The first-order valence-electron chi connectivity index (χ1n) is 6.69. The second kappa shape index (κ2) is 6.07. The highest BCUT2D eigenvalue weighted by atomic mass is 79.9. The molecule has 2 aromatic rings. The van der Waals surface area contributed by atoms with E-state index in [0.717, 1.165) is 6.42 Å². The Kier molecular flexibility index (Phi) is 4.33. The van der Waals surface area contributed by atoms with Crippen molar-refractivity contribution in [1.29, 1.82) is 0 Å². The molecule has 0 fully saturated rings. The second-order valence-electron chi connectivity index (χ2n) is 5.16. The Balaban J connectivity index is 1.77. The maximum absolute atomic E-state index is 14.0. The second-order valence-corrected chi connectivity index (χ2v) is 7.29. The molecule has 1 heterocycles. The summed E-state index contributed by atoms with van der Waals surface area (Å²) in [5.74, 6) is -1.09. The number of hydrogen-bond acceptors (Lipinski definition) is 2. The Morgan fingerprint density at radius 3 is 2.76 bits per heavy atom. The standard InChI is InChI=1S/C16H14BrF2NS/c17-11-5-6-12(18)10(16(11)19)8-13(20)15-7-9-3-1-2-4-14(9)21-15/h1-6,13,15H,7-8,20H2. The van der Waals surface area contributed by atoms with Crippen LogP contribution in [0, 0.1) is 11.6 Å². The average Bonchev–Trinajstić information content (AvgIpc) is 2.91. The first-order chi connectivity index (χ1) is 10.1. The lowest BCUT2D eigenvalue weighted by Crippen LogP contribution is -2.35. The summed E-state index contributed by atoms with van der Waals surface area (Å²) in [6.45, 7) is 0. The summed E-state index contributed by atoms with van der Waals surface area (Å²) in [5, 5.41) is 0.153. The highest BCUT2D eigenvalue weighted by Crippen LogP contribution is 2.38. The van der Waals surface area contributed by atoms with Gasteiger partial charge in [0.2, 0.25) is 0 Å². The lowest BCUT2D eigenvalue weighted by atomic mass is 9.99. The predicted octanol–water partition coefficient (Wildman–Crippen LogP) is 4.31. The number of thioether (sulfide) groups is 1. The quantitative estimate of drug-likeness (QED) is 0.815. The van der Waals surface area contributed by atoms with Gasteiger partial charge in [0.05, 0.1) is 4.47 Å². The molecule has 21 heavy (non-hydrogen) atoms. The molecule has 0 saturated heterocycles. The van der Waals surface area contributed by atoms with Crippen LogP contribution >= 0.6 is 27.7 Å². The summed E-state index contributed by atoms with van der Waals surface area (Å²) >= 11 is 4.79. The molecule has 1 aliphatic rings. The molecule has 0 amide bonds. The van der Waals surface area contributed by atoms with Crippen LogP contribution in [0.25, 0.3) is 0 Å². The van der Waals surface area contributed by atoms with Gasteiger partial charge in [0.25, 0.3) is 0 Å². The predicted molar refractivity (Wildman–Crippen MR) is 85.5 cm³/mol. The third-order valence-corrected chi connectivity index (χ3v) is 5.81. The number of rotatable bonds is 3. The molecular formula is C16H14BrF2NS. The number of nitrogens with two attached hydrogens (primary N) is 1. The van der Waals surface area contributed by atoms with Crippen LogP contribution in [0.5, 0.6) is 0 Å². The molecule has 5 heteroatoms. The highest BCUT2D eigenvalue weighted by Gasteiger charge is 2.28. The average molecular weight is 370 g/mol. The Labute approximate surface area is 135 Å². The van der Waals surface area contributed by atoms with Crippen molar-refractivity contribution in [2.45, 2.75) is 29.0 Å². The van der Waals surface area contributed by atoms with Crippen molar-refractivity contribution in [2.75, 3.05) is 0 Å². The van der Waals surface area contributed by atoms with Crippen molar-refractivity contribution in [1.82, 2.24) is 0 Å². The summed E-state index contributed by atoms with van der Waals surface area (Å²) in [6, 6.07) is 10.5. The third kappa shape index (κ3) is 3.00. The van der Waals surface area contributed by atoms with Gasteiger partial charge in [-0.2, -0.15) is 0 Å². The fraction of sp³-hybridized carbons (Fsp3) is 0.250. The van der Waals surface area contributed by atoms with E-state index < -0.39 is 11.6 Å². The zero-order chi connectivity index (χ0) is 15.0. The topological polar surface area (TPSA) is 26.0 Å². The lowest BCUT2D eigenvalue weighted by Gasteiger charge is -2.19. The van der Waals surface area contributed by atoms with Gasteiger partial charge in [-0.15, -0.1) is 11.8 Å². The first-order valence-corrected chi connectivity index (χ1v) is 8.36. The van der Waals surface area contributed by atoms with Crippen molar-refractivity contribution in [3.8, 4) is 0 Å². The zero-order valence-electron chi connectivity index (χ0n) is 11.2. The Morgan fingerprint density at radius 2 is 2.00 bits per heavy atom. The number of halogens is 3. The van der Waals surface area contributed by atoms with Crippen molar-refractivity contribution in [3.05, 3.63) is 63.6 Å². The largest absolute Gasteiger partial charge is 0.326 e. The Bertz CT molecular complexity index is 652. The summed E-state index contributed by atoms with van der Waals surface area (Å²) in [7, 11) is 0. The van der Waals surface area contributed by atoms with E-state index in [-0.39, 0.29) is 27.7 Å². The Morgan fingerprint density at radius 1 is 1.24 bits per heavy atom. The molecule has 0 aliphatic carbocycles. The third-order valence-electron chi connectivity index (χ3n) is 3.73. The van der Waals surface area contributed by atoms with E-state index in [4.69, 9.17) is 5.73 Å². The summed E-state index contributed by atoms with van der Waals surface area (Å²) in [6.07, 6.45) is 1.04. The molecule has 2 atom stereocenters. The molecule has 2 N–H and O–H groups in total. The van der Waals surface area contributed by atoms with E-state index in [0.29, 0.717) is 0 Å². The van der Waals surface area contributed by atoms with Crippen LogP contribution < -0.4 is 5.73 Å². The van der Waals surface area contributed by atoms with E-state index in [1.807, 2.05) is 12.1 Å². The van der Waals surface area contributed by atoms with Gasteiger partial charge in [-0.1, -0.05) is 18.2 Å². The van der Waals surface area contributed by atoms with Gasteiger partial charge in [-0.25, -0.2) is 8.78 Å². The number of fused-ring (bicyclic) bond motifs is 1. The minimum atomic E-state index is -0.550. The molecule has 1 nitrogen and oxygen atoms in total. The monoisotopic (exact) mass is 369 g/mol. The van der Waals surface area contributed by atoms with Crippen molar-refractivity contribution < 1.29 is 8.78 Å². The van der Waals surface area contributed by atoms with Crippen LogP contribution in [-0.2, 0) is 12.8 Å². The van der Waals surface area contributed by atoms with E-state index in [2.05, 4.69) is 28.1 Å². The first kappa shape index (κ1) is 15.0. The minimum absolute atomic E-state index is 0.0634. The smallest absolute Gasteiger partial charge is 0.143 e. The normalized spacial score (nSPS) is 18.6. The molecule has 110 valence electrons. The number of hydrogen-bond donors (Lipinski definition) is 1. The van der Waals surface area contributed by atoms with Gasteiger partial charge < -0.3 is 5.73 Å². The van der Waals surface area contributed by atoms with Crippen molar-refractivity contribution >= 4 is 27.7 Å². The SMILES string of the molecule is NC(Cc1c(F)ccc(Br)c1F)C1Cc2ccccc2S1. The van der Waals surface area contributed by atoms with Gasteiger partial charge in [-0.05, 0) is 52.5 Å². The van der Waals surface area contributed by atoms with Gasteiger partial charge in [-0.3, -0.25) is 0 Å². The van der Waals surface area contributed by atoms with E-state index >= 15 is 0 Å². The molecule has 0 spiro atoms. The molecule has 0 saturated carbocycles. The van der Waals surface area contributed by atoms with Gasteiger partial charge in [0, 0.05) is 21.8 Å². The van der Waals surface area contributed by atoms with Crippen molar-refractivity contribution in [2.24, 2.45) is 5.73 Å². The molecule has 0 radical (unpaired) electrons. The maximum atomic E-state index is 14.0. The van der Waals surface area contributed by atoms with Crippen LogP contribution in [0.1, 0.15) is 11.1 Å². The molecule has 0 bridgehead atoms. The van der Waals surface area contributed by atoms with Gasteiger partial charge >= 0.3 is 0 Å². The fourth-order valence-electron chi connectivity index (χ4n) is 2.57. The zero-order valence-corrected chi connectivity index (χ0v) is 13.6. The van der Waals surface area contributed by atoms with Gasteiger partial charge in [0.15, 0.2) is 0 Å². The van der Waals surface area contributed by atoms with Crippen LogP contribution in [0.4, 0.5) is 8.78 Å². The van der Waals surface area contributed by atoms with E-state index in [1.54, 1.807) is 11.8 Å². The van der Waals surface area contributed by atoms with Crippen LogP contribution in [0.15, 0.2) is 45.8 Å². The van der Waals surface area contributed by atoms with Crippen LogP contribution in [0.3, 0.4) is 0 Å². The minimum Gasteiger partial charge on any atom is -0.326 e. The van der Waals surface area contributed by atoms with Crippen molar-refractivity contribution in [3.63, 3.8) is 0 Å². The molecule has 1 aliphatic heterocycles. The van der Waals surface area contributed by atoms with Crippen LogP contribution in [0.2, 0.25) is 0 Å². The lowest BCUT2D eigenvalue weighted by molar-refractivity contribution is 0.526. The molecule has 3 rings (SSSR count). The van der Waals surface area contributed by atoms with E-state index in [9.17, 15) is 8.78 Å². The maximum Gasteiger partial charge on any atom is 0.143 e. The molecular weight excluding hydrogens is 356 g/mol.